The lowest BCUT2D eigenvalue weighted by molar-refractivity contribution is 0.343. The molecule has 0 saturated carbocycles. The summed E-state index contributed by atoms with van der Waals surface area (Å²) in [5.41, 5.74) is 3.77. The van der Waals surface area contributed by atoms with Crippen LogP contribution in [0.4, 0.5) is 0 Å². The maximum Gasteiger partial charge on any atom is 0.0568 e. The molecule has 0 bridgehead atoms. The molecule has 0 atom stereocenters. The average Bonchev–Trinajstić information content (AvgIpc) is 2.89. The third kappa shape index (κ3) is 3.17. The average molecular weight is 278 g/mol. The van der Waals surface area contributed by atoms with Gasteiger partial charge in [-0.15, -0.1) is 12.4 Å². The van der Waals surface area contributed by atoms with E-state index in [2.05, 4.69) is 52.5 Å². The molecular weight excluding hydrogens is 258 g/mol. The predicted molar refractivity (Wildman–Crippen MR) is 80.8 cm³/mol. The molecule has 1 aromatic heterocycles. The van der Waals surface area contributed by atoms with Gasteiger partial charge in [0.05, 0.1) is 12.2 Å². The molecule has 4 heteroatoms. The van der Waals surface area contributed by atoms with E-state index in [0.717, 1.165) is 13.1 Å². The third-order valence-electron chi connectivity index (χ3n) is 3.64. The molecule has 3 rings (SSSR count). The van der Waals surface area contributed by atoms with Gasteiger partial charge in [0, 0.05) is 11.8 Å². The van der Waals surface area contributed by atoms with Gasteiger partial charge in [0.2, 0.25) is 0 Å². The number of nitrogens with zero attached hydrogens (tertiary/aromatic N) is 2. The van der Waals surface area contributed by atoms with Crippen LogP contribution >= 0.6 is 12.4 Å². The van der Waals surface area contributed by atoms with Crippen molar-refractivity contribution in [2.45, 2.75) is 25.8 Å². The van der Waals surface area contributed by atoms with Crippen molar-refractivity contribution < 1.29 is 0 Å². The van der Waals surface area contributed by atoms with Crippen molar-refractivity contribution in [3.05, 3.63) is 42.2 Å². The molecule has 1 aromatic carbocycles. The molecule has 2 aromatic rings. The Morgan fingerprint density at radius 3 is 2.74 bits per heavy atom. The van der Waals surface area contributed by atoms with Crippen LogP contribution in [0.2, 0.25) is 0 Å². The smallest absolute Gasteiger partial charge is 0.0568 e. The van der Waals surface area contributed by atoms with Crippen LogP contribution in [0, 0.1) is 6.92 Å². The Balaban J connectivity index is 0.00000133. The molecule has 0 radical (unpaired) electrons. The summed E-state index contributed by atoms with van der Waals surface area (Å²) in [7, 11) is 0. The van der Waals surface area contributed by atoms with Gasteiger partial charge in [-0.1, -0.05) is 29.8 Å². The highest BCUT2D eigenvalue weighted by atomic mass is 35.5. The Morgan fingerprint density at radius 1 is 1.21 bits per heavy atom. The Kier molecular flexibility index (Phi) is 4.61. The first-order chi connectivity index (χ1) is 8.83. The van der Waals surface area contributed by atoms with E-state index >= 15 is 0 Å². The summed E-state index contributed by atoms with van der Waals surface area (Å²) in [6.07, 6.45) is 6.52. The number of aromatic nitrogens is 2. The lowest BCUT2D eigenvalue weighted by Gasteiger charge is -2.22. The Bertz CT molecular complexity index is 530. The van der Waals surface area contributed by atoms with Crippen LogP contribution in [0.1, 0.15) is 24.4 Å². The van der Waals surface area contributed by atoms with Crippen LogP contribution in [0.5, 0.6) is 0 Å². The van der Waals surface area contributed by atoms with Gasteiger partial charge in [0.15, 0.2) is 0 Å². The number of benzene rings is 1. The van der Waals surface area contributed by atoms with Crippen molar-refractivity contribution in [3.8, 4) is 11.1 Å². The molecule has 0 aliphatic carbocycles. The molecule has 1 aliphatic heterocycles. The number of hydrogen-bond acceptors (Lipinski definition) is 2. The summed E-state index contributed by atoms with van der Waals surface area (Å²) < 4.78 is 2.14. The van der Waals surface area contributed by atoms with Crippen LogP contribution in [0.25, 0.3) is 11.1 Å². The maximum absolute atomic E-state index is 4.53. The van der Waals surface area contributed by atoms with Gasteiger partial charge in [-0.05, 0) is 38.4 Å². The van der Waals surface area contributed by atoms with Crippen molar-refractivity contribution in [1.82, 2.24) is 15.1 Å². The van der Waals surface area contributed by atoms with Crippen LogP contribution in [-0.4, -0.2) is 22.9 Å². The number of rotatable bonds is 2. The van der Waals surface area contributed by atoms with Gasteiger partial charge >= 0.3 is 0 Å². The summed E-state index contributed by atoms with van der Waals surface area (Å²) in [4.78, 5) is 0. The molecule has 0 spiro atoms. The Labute approximate surface area is 120 Å². The van der Waals surface area contributed by atoms with E-state index in [-0.39, 0.29) is 12.4 Å². The number of hydrogen-bond donors (Lipinski definition) is 1. The zero-order valence-electron chi connectivity index (χ0n) is 11.2. The minimum absolute atomic E-state index is 0. The minimum Gasteiger partial charge on any atom is -0.317 e. The predicted octanol–water partition coefficient (Wildman–Crippen LogP) is 3.20. The van der Waals surface area contributed by atoms with Gasteiger partial charge in [-0.2, -0.15) is 5.10 Å². The van der Waals surface area contributed by atoms with E-state index in [1.165, 1.54) is 29.5 Å². The van der Waals surface area contributed by atoms with Crippen LogP contribution in [0.15, 0.2) is 36.7 Å². The minimum atomic E-state index is 0. The Hall–Kier alpha value is -1.32. The van der Waals surface area contributed by atoms with E-state index in [0.29, 0.717) is 6.04 Å². The fourth-order valence-electron chi connectivity index (χ4n) is 2.58. The first kappa shape index (κ1) is 14.1. The Morgan fingerprint density at radius 2 is 2.00 bits per heavy atom. The fourth-order valence-corrected chi connectivity index (χ4v) is 2.58. The molecule has 1 saturated heterocycles. The van der Waals surface area contributed by atoms with Gasteiger partial charge in [-0.3, -0.25) is 4.68 Å². The summed E-state index contributed by atoms with van der Waals surface area (Å²) in [5, 5.41) is 7.92. The van der Waals surface area contributed by atoms with E-state index in [9.17, 15) is 0 Å². The molecule has 2 heterocycles. The molecule has 0 unspecified atom stereocenters. The fraction of sp³-hybridized carbons (Fsp3) is 0.400. The lowest BCUT2D eigenvalue weighted by Crippen LogP contribution is -2.29. The van der Waals surface area contributed by atoms with E-state index in [4.69, 9.17) is 0 Å². The molecule has 102 valence electrons. The van der Waals surface area contributed by atoms with Gasteiger partial charge in [0.25, 0.3) is 0 Å². The van der Waals surface area contributed by atoms with Gasteiger partial charge in [-0.25, -0.2) is 0 Å². The second-order valence-electron chi connectivity index (χ2n) is 5.06. The van der Waals surface area contributed by atoms with Crippen LogP contribution < -0.4 is 5.32 Å². The zero-order valence-corrected chi connectivity index (χ0v) is 12.0. The van der Waals surface area contributed by atoms with Crippen molar-refractivity contribution in [3.63, 3.8) is 0 Å². The molecule has 1 N–H and O–H groups in total. The van der Waals surface area contributed by atoms with Crippen molar-refractivity contribution >= 4 is 12.4 Å². The normalized spacial score (nSPS) is 16.1. The van der Waals surface area contributed by atoms with Crippen molar-refractivity contribution in [2.75, 3.05) is 13.1 Å². The molecule has 1 aliphatic rings. The first-order valence-corrected chi connectivity index (χ1v) is 6.65. The van der Waals surface area contributed by atoms with Crippen LogP contribution in [0.3, 0.4) is 0 Å². The first-order valence-electron chi connectivity index (χ1n) is 6.65. The largest absolute Gasteiger partial charge is 0.317 e. The zero-order chi connectivity index (χ0) is 12.4. The topological polar surface area (TPSA) is 29.9 Å². The van der Waals surface area contributed by atoms with Crippen molar-refractivity contribution in [2.24, 2.45) is 0 Å². The van der Waals surface area contributed by atoms with Crippen molar-refractivity contribution in [1.29, 1.82) is 0 Å². The van der Waals surface area contributed by atoms with E-state index < -0.39 is 0 Å². The number of nitrogens with one attached hydrogen (secondary N) is 1. The van der Waals surface area contributed by atoms with Crippen LogP contribution in [-0.2, 0) is 0 Å². The number of piperidine rings is 1. The summed E-state index contributed by atoms with van der Waals surface area (Å²) in [6.45, 7) is 4.33. The summed E-state index contributed by atoms with van der Waals surface area (Å²) in [5.74, 6) is 0. The second kappa shape index (κ2) is 6.22. The highest BCUT2D eigenvalue weighted by Crippen LogP contribution is 2.23. The standard InChI is InChI=1S/C15H19N3.ClH/c1-12-3-2-4-13(9-12)14-10-17-18(11-14)15-5-7-16-8-6-15;/h2-4,9-11,15-16H,5-8H2,1H3;1H. The molecule has 0 amide bonds. The highest BCUT2D eigenvalue weighted by molar-refractivity contribution is 5.85. The quantitative estimate of drug-likeness (QED) is 0.914. The third-order valence-corrected chi connectivity index (χ3v) is 3.64. The highest BCUT2D eigenvalue weighted by Gasteiger charge is 2.15. The van der Waals surface area contributed by atoms with E-state index in [1.54, 1.807) is 0 Å². The lowest BCUT2D eigenvalue weighted by atomic mass is 10.1. The second-order valence-corrected chi connectivity index (χ2v) is 5.06. The molecular formula is C15H20ClN3. The number of halogens is 1. The molecule has 19 heavy (non-hydrogen) atoms. The monoisotopic (exact) mass is 277 g/mol. The SMILES string of the molecule is Cc1cccc(-c2cnn(C3CCNCC3)c2)c1.Cl. The van der Waals surface area contributed by atoms with Gasteiger partial charge < -0.3 is 5.32 Å². The maximum atomic E-state index is 4.53. The molecule has 3 nitrogen and oxygen atoms in total. The summed E-state index contributed by atoms with van der Waals surface area (Å²) >= 11 is 0. The number of aryl methyl sites for hydroxylation is 1. The molecule has 1 fully saturated rings. The summed E-state index contributed by atoms with van der Waals surface area (Å²) in [6, 6.07) is 9.15. The van der Waals surface area contributed by atoms with Gasteiger partial charge in [0.1, 0.15) is 0 Å². The van der Waals surface area contributed by atoms with E-state index in [1.807, 2.05) is 6.20 Å².